The lowest BCUT2D eigenvalue weighted by Crippen LogP contribution is -2.27. The topological polar surface area (TPSA) is 42.4 Å². The predicted molar refractivity (Wildman–Crippen MR) is 127 cm³/mol. The van der Waals surface area contributed by atoms with Crippen molar-refractivity contribution < 1.29 is 9.53 Å². The number of benzene rings is 1. The molecule has 0 saturated carbocycles. The normalized spacial score (nSPS) is 11.0. The summed E-state index contributed by atoms with van der Waals surface area (Å²) >= 11 is 3.34. The highest BCUT2D eigenvalue weighted by atomic mass is 32.1. The molecule has 0 N–H and O–H groups in total. The molecule has 0 spiro atoms. The lowest BCUT2D eigenvalue weighted by molar-refractivity contribution is -0.127. The maximum atomic E-state index is 12.9. The molecule has 0 fully saturated rings. The van der Waals surface area contributed by atoms with Gasteiger partial charge in [-0.15, -0.1) is 22.7 Å². The Kier molecular flexibility index (Phi) is 7.26. The van der Waals surface area contributed by atoms with Crippen LogP contribution in [0.4, 0.5) is 0 Å². The van der Waals surface area contributed by atoms with Crippen molar-refractivity contribution in [3.8, 4) is 5.75 Å². The third-order valence-corrected chi connectivity index (χ3v) is 6.31. The standard InChI is InChI=1S/C25H22N2O2S2/c28-25(27(17-23-5-2-14-30-23)18-24-6-3-15-31-24)12-9-20-7-10-22(11-8-20)29-19-21-4-1-13-26-16-21/h1-16H,17-19H2/b12-9+. The third kappa shape index (κ3) is 6.38. The van der Waals surface area contributed by atoms with Gasteiger partial charge >= 0.3 is 0 Å². The molecule has 1 aromatic carbocycles. The van der Waals surface area contributed by atoms with Crippen molar-refractivity contribution in [2.24, 2.45) is 0 Å². The molecule has 31 heavy (non-hydrogen) atoms. The van der Waals surface area contributed by atoms with Gasteiger partial charge in [0.25, 0.3) is 0 Å². The fraction of sp³-hybridized carbons (Fsp3) is 0.120. The first-order chi connectivity index (χ1) is 15.3. The molecule has 0 radical (unpaired) electrons. The molecule has 0 aliphatic carbocycles. The highest BCUT2D eigenvalue weighted by Gasteiger charge is 2.13. The lowest BCUT2D eigenvalue weighted by Gasteiger charge is -2.20. The zero-order valence-corrected chi connectivity index (χ0v) is 18.5. The lowest BCUT2D eigenvalue weighted by atomic mass is 10.2. The maximum absolute atomic E-state index is 12.9. The monoisotopic (exact) mass is 446 g/mol. The van der Waals surface area contributed by atoms with E-state index in [-0.39, 0.29) is 5.91 Å². The molecular formula is C25H22N2O2S2. The zero-order chi connectivity index (χ0) is 21.3. The van der Waals surface area contributed by atoms with Crippen LogP contribution in [0.3, 0.4) is 0 Å². The van der Waals surface area contributed by atoms with Crippen LogP contribution in [0.5, 0.6) is 5.75 Å². The second kappa shape index (κ2) is 10.7. The summed E-state index contributed by atoms with van der Waals surface area (Å²) in [6.07, 6.45) is 7.03. The van der Waals surface area contributed by atoms with Crippen LogP contribution in [0.1, 0.15) is 20.9 Å². The van der Waals surface area contributed by atoms with Crippen molar-refractivity contribution in [1.29, 1.82) is 0 Å². The van der Waals surface area contributed by atoms with Gasteiger partial charge in [-0.1, -0.05) is 30.3 Å². The number of nitrogens with zero attached hydrogens (tertiary/aromatic N) is 2. The first-order valence-corrected chi connectivity index (χ1v) is 11.7. The highest BCUT2D eigenvalue weighted by molar-refractivity contribution is 7.10. The number of hydrogen-bond donors (Lipinski definition) is 0. The number of hydrogen-bond acceptors (Lipinski definition) is 5. The summed E-state index contributed by atoms with van der Waals surface area (Å²) in [6, 6.07) is 19.8. The Morgan fingerprint density at radius 2 is 1.65 bits per heavy atom. The fourth-order valence-corrected chi connectivity index (χ4v) is 4.43. The minimum absolute atomic E-state index is 0.00120. The molecule has 0 aliphatic rings. The number of amides is 1. The molecule has 0 unspecified atom stereocenters. The van der Waals surface area contributed by atoms with Gasteiger partial charge in [0, 0.05) is 33.8 Å². The Balaban J connectivity index is 1.37. The summed E-state index contributed by atoms with van der Waals surface area (Å²) in [5, 5.41) is 4.08. The molecule has 0 saturated heterocycles. The van der Waals surface area contributed by atoms with E-state index in [0.29, 0.717) is 19.7 Å². The first kappa shape index (κ1) is 21.0. The van der Waals surface area contributed by atoms with E-state index in [2.05, 4.69) is 17.1 Å². The number of rotatable bonds is 9. The van der Waals surface area contributed by atoms with E-state index in [1.807, 2.05) is 70.3 Å². The summed E-state index contributed by atoms with van der Waals surface area (Å²) in [5.41, 5.74) is 1.97. The van der Waals surface area contributed by atoms with Gasteiger partial charge in [0.05, 0.1) is 13.1 Å². The molecule has 4 nitrogen and oxygen atoms in total. The average molecular weight is 447 g/mol. The van der Waals surface area contributed by atoms with Gasteiger partial charge in [0.2, 0.25) is 5.91 Å². The molecule has 3 aromatic heterocycles. The summed E-state index contributed by atoms with van der Waals surface area (Å²) in [6.45, 7) is 1.70. The van der Waals surface area contributed by atoms with E-state index in [4.69, 9.17) is 4.74 Å². The smallest absolute Gasteiger partial charge is 0.247 e. The second-order valence-corrected chi connectivity index (χ2v) is 8.97. The molecule has 0 aliphatic heterocycles. The molecule has 6 heteroatoms. The zero-order valence-electron chi connectivity index (χ0n) is 16.9. The highest BCUT2D eigenvalue weighted by Crippen LogP contribution is 2.19. The van der Waals surface area contributed by atoms with Crippen molar-refractivity contribution in [3.63, 3.8) is 0 Å². The van der Waals surface area contributed by atoms with Gasteiger partial charge in [-0.25, -0.2) is 0 Å². The van der Waals surface area contributed by atoms with Crippen LogP contribution >= 0.6 is 22.7 Å². The quantitative estimate of drug-likeness (QED) is 0.295. The van der Waals surface area contributed by atoms with Gasteiger partial charge in [-0.2, -0.15) is 0 Å². The van der Waals surface area contributed by atoms with Crippen molar-refractivity contribution in [2.45, 2.75) is 19.7 Å². The Hall–Kier alpha value is -3.22. The van der Waals surface area contributed by atoms with E-state index in [1.165, 1.54) is 9.75 Å². The molecule has 4 aromatic rings. The van der Waals surface area contributed by atoms with E-state index in [1.54, 1.807) is 41.1 Å². The molecule has 1 amide bonds. The summed E-state index contributed by atoms with van der Waals surface area (Å²) in [7, 11) is 0. The Labute approximate surface area is 190 Å². The molecule has 156 valence electrons. The van der Waals surface area contributed by atoms with Crippen LogP contribution in [-0.4, -0.2) is 15.8 Å². The van der Waals surface area contributed by atoms with Gasteiger partial charge in [-0.05, 0) is 52.7 Å². The molecule has 0 bridgehead atoms. The van der Waals surface area contributed by atoms with Crippen LogP contribution in [0, 0.1) is 0 Å². The molecular weight excluding hydrogens is 424 g/mol. The third-order valence-electron chi connectivity index (χ3n) is 4.59. The fourth-order valence-electron chi connectivity index (χ4n) is 2.99. The van der Waals surface area contributed by atoms with E-state index in [0.717, 1.165) is 16.9 Å². The largest absolute Gasteiger partial charge is 0.489 e. The van der Waals surface area contributed by atoms with Gasteiger partial charge in [0.1, 0.15) is 12.4 Å². The number of carbonyl (C=O) groups is 1. The van der Waals surface area contributed by atoms with Crippen molar-refractivity contribution in [3.05, 3.63) is 111 Å². The predicted octanol–water partition coefficient (Wildman–Crippen LogP) is 6.03. The maximum Gasteiger partial charge on any atom is 0.247 e. The van der Waals surface area contributed by atoms with E-state index < -0.39 is 0 Å². The Morgan fingerprint density at radius 1 is 0.935 bits per heavy atom. The van der Waals surface area contributed by atoms with Crippen LogP contribution in [-0.2, 0) is 24.5 Å². The van der Waals surface area contributed by atoms with Crippen LogP contribution in [0.2, 0.25) is 0 Å². The van der Waals surface area contributed by atoms with Gasteiger partial charge < -0.3 is 9.64 Å². The number of aromatic nitrogens is 1. The summed E-state index contributed by atoms with van der Waals surface area (Å²) < 4.78 is 5.79. The average Bonchev–Trinajstić information content (AvgIpc) is 3.51. The number of thiophene rings is 2. The minimum atomic E-state index is -0.00120. The van der Waals surface area contributed by atoms with Crippen molar-refractivity contribution in [1.82, 2.24) is 9.88 Å². The van der Waals surface area contributed by atoms with Crippen LogP contribution < -0.4 is 4.74 Å². The molecule has 3 heterocycles. The number of carbonyl (C=O) groups excluding carboxylic acids is 1. The Bertz CT molecular complexity index is 1050. The molecule has 0 atom stereocenters. The number of ether oxygens (including phenoxy) is 1. The van der Waals surface area contributed by atoms with Gasteiger partial charge in [0.15, 0.2) is 0 Å². The van der Waals surface area contributed by atoms with Crippen LogP contribution in [0.25, 0.3) is 6.08 Å². The van der Waals surface area contributed by atoms with E-state index in [9.17, 15) is 4.79 Å². The summed E-state index contributed by atoms with van der Waals surface area (Å²) in [5.74, 6) is 0.781. The Morgan fingerprint density at radius 3 is 2.23 bits per heavy atom. The second-order valence-electron chi connectivity index (χ2n) is 6.91. The van der Waals surface area contributed by atoms with Gasteiger partial charge in [-0.3, -0.25) is 9.78 Å². The van der Waals surface area contributed by atoms with Crippen molar-refractivity contribution in [2.75, 3.05) is 0 Å². The summed E-state index contributed by atoms with van der Waals surface area (Å²) in [4.78, 5) is 21.2. The van der Waals surface area contributed by atoms with Crippen LogP contribution in [0.15, 0.2) is 89.9 Å². The minimum Gasteiger partial charge on any atom is -0.489 e. The van der Waals surface area contributed by atoms with Crippen molar-refractivity contribution >= 4 is 34.7 Å². The number of pyridine rings is 1. The SMILES string of the molecule is O=C(/C=C/c1ccc(OCc2cccnc2)cc1)N(Cc1cccs1)Cc1cccs1. The first-order valence-electron chi connectivity index (χ1n) is 9.90. The van der Waals surface area contributed by atoms with E-state index >= 15 is 0 Å². The molecule has 4 rings (SSSR count).